The summed E-state index contributed by atoms with van der Waals surface area (Å²) in [5, 5.41) is 1.74. The first-order valence-corrected chi connectivity index (χ1v) is 16.6. The molecule has 0 nitrogen and oxygen atoms in total. The van der Waals surface area contributed by atoms with Gasteiger partial charge in [0.25, 0.3) is 0 Å². The molecular formula is C27H25Cl2HfP. The largest absolute Gasteiger partial charge is 1.00 e. The van der Waals surface area contributed by atoms with Gasteiger partial charge >= 0.3 is 188 Å². The van der Waals surface area contributed by atoms with Gasteiger partial charge in [-0.05, 0) is 0 Å². The van der Waals surface area contributed by atoms with Crippen molar-refractivity contribution in [2.75, 3.05) is 13.3 Å². The average Bonchev–Trinajstić information content (AvgIpc) is 3.27. The molecule has 0 saturated heterocycles. The summed E-state index contributed by atoms with van der Waals surface area (Å²) in [6, 6.07) is 27.0. The van der Waals surface area contributed by atoms with E-state index in [2.05, 4.69) is 105 Å². The fraction of sp³-hybridized carbons (Fsp3) is 0.185. The molecule has 31 heavy (non-hydrogen) atoms. The number of fused-ring (bicyclic) bond motifs is 2. The van der Waals surface area contributed by atoms with Gasteiger partial charge in [-0.25, -0.2) is 0 Å². The van der Waals surface area contributed by atoms with Crippen LogP contribution in [0.25, 0.3) is 23.3 Å². The summed E-state index contributed by atoms with van der Waals surface area (Å²) in [6.07, 6.45) is 5.01. The van der Waals surface area contributed by atoms with Gasteiger partial charge in [0.2, 0.25) is 0 Å². The maximum absolute atomic E-state index is 2.52. The molecule has 0 N–H and O–H groups in total. The Labute approximate surface area is 211 Å². The molecule has 0 amide bonds. The molecule has 4 heteroatoms. The van der Waals surface area contributed by atoms with E-state index in [1.807, 2.05) is 0 Å². The van der Waals surface area contributed by atoms with Crippen LogP contribution in [0.1, 0.15) is 36.5 Å². The van der Waals surface area contributed by atoms with E-state index in [0.29, 0.717) is 3.67 Å². The van der Waals surface area contributed by atoms with Gasteiger partial charge in [-0.15, -0.1) is 0 Å². The number of rotatable bonds is 4. The van der Waals surface area contributed by atoms with E-state index in [1.165, 1.54) is 22.3 Å². The molecule has 0 bridgehead atoms. The Bertz CT molecular complexity index is 1130. The maximum Gasteiger partial charge on any atom is -1.00 e. The molecular weight excluding hydrogens is 605 g/mol. The van der Waals surface area contributed by atoms with Gasteiger partial charge < -0.3 is 24.8 Å². The van der Waals surface area contributed by atoms with E-state index < -0.39 is 22.9 Å². The van der Waals surface area contributed by atoms with E-state index in [9.17, 15) is 0 Å². The SMILES string of the molecule is CC1=Cc2c(-c3ccccc3)cccc2[CH]1[Hf+2][CH]1C(P(C)C)=Cc2ccccc21.[Cl-].[Cl-]. The fourth-order valence-corrected chi connectivity index (χ4v) is 15.6. The van der Waals surface area contributed by atoms with E-state index in [4.69, 9.17) is 0 Å². The summed E-state index contributed by atoms with van der Waals surface area (Å²) < 4.78 is 1.44. The zero-order valence-electron chi connectivity index (χ0n) is 17.9. The van der Waals surface area contributed by atoms with Crippen LogP contribution < -0.4 is 24.8 Å². The molecule has 3 aromatic rings. The summed E-state index contributed by atoms with van der Waals surface area (Å²) in [4.78, 5) is 0. The van der Waals surface area contributed by atoms with Crippen LogP contribution in [0.3, 0.4) is 0 Å². The third kappa shape index (κ3) is 4.58. The van der Waals surface area contributed by atoms with Gasteiger partial charge in [-0.3, -0.25) is 0 Å². The molecule has 0 radical (unpaired) electrons. The molecule has 0 heterocycles. The molecule has 0 aromatic heterocycles. The van der Waals surface area contributed by atoms with Crippen molar-refractivity contribution in [2.24, 2.45) is 0 Å². The monoisotopic (exact) mass is 630 g/mol. The fourth-order valence-electron chi connectivity index (χ4n) is 4.68. The Morgan fingerprint density at radius 1 is 0.710 bits per heavy atom. The third-order valence-corrected chi connectivity index (χ3v) is 15.8. The van der Waals surface area contributed by atoms with Gasteiger partial charge in [-0.1, -0.05) is 0 Å². The molecule has 2 atom stereocenters. The van der Waals surface area contributed by atoms with E-state index in [-0.39, 0.29) is 32.7 Å². The summed E-state index contributed by atoms with van der Waals surface area (Å²) in [7, 11) is -0.0411. The van der Waals surface area contributed by atoms with Crippen LogP contribution in [0.2, 0.25) is 0 Å². The molecule has 0 saturated carbocycles. The molecule has 0 aliphatic heterocycles. The molecule has 3 aromatic carbocycles. The average molecular weight is 630 g/mol. The quantitative estimate of drug-likeness (QED) is 0.305. The van der Waals surface area contributed by atoms with Crippen molar-refractivity contribution in [3.8, 4) is 11.1 Å². The van der Waals surface area contributed by atoms with Gasteiger partial charge in [0.05, 0.1) is 0 Å². The van der Waals surface area contributed by atoms with Gasteiger partial charge in [-0.2, -0.15) is 0 Å². The predicted octanol–water partition coefficient (Wildman–Crippen LogP) is 1.74. The third-order valence-electron chi connectivity index (χ3n) is 6.12. The Morgan fingerprint density at radius 2 is 1.39 bits per heavy atom. The normalized spacial score (nSPS) is 18.2. The van der Waals surface area contributed by atoms with Crippen LogP contribution >= 0.6 is 7.92 Å². The maximum atomic E-state index is 2.52. The van der Waals surface area contributed by atoms with Crippen LogP contribution in [-0.2, 0) is 22.9 Å². The van der Waals surface area contributed by atoms with Crippen LogP contribution in [0.5, 0.6) is 0 Å². The second kappa shape index (κ2) is 10.3. The van der Waals surface area contributed by atoms with Crippen LogP contribution in [0.4, 0.5) is 0 Å². The van der Waals surface area contributed by atoms with Crippen molar-refractivity contribution in [3.05, 3.63) is 106 Å². The molecule has 2 unspecified atom stereocenters. The number of hydrogen-bond acceptors (Lipinski definition) is 0. The first kappa shape index (κ1) is 24.7. The van der Waals surface area contributed by atoms with E-state index in [0.717, 1.165) is 3.67 Å². The van der Waals surface area contributed by atoms with Crippen molar-refractivity contribution in [3.63, 3.8) is 0 Å². The van der Waals surface area contributed by atoms with E-state index in [1.54, 1.807) is 22.0 Å². The Hall–Kier alpha value is -0.980. The zero-order valence-corrected chi connectivity index (χ0v) is 23.9. The molecule has 2 aliphatic rings. The summed E-state index contributed by atoms with van der Waals surface area (Å²) in [5.74, 6) is 0. The van der Waals surface area contributed by atoms with Gasteiger partial charge in [0, 0.05) is 0 Å². The van der Waals surface area contributed by atoms with Crippen LogP contribution in [-0.4, -0.2) is 13.3 Å². The summed E-state index contributed by atoms with van der Waals surface area (Å²) in [6.45, 7) is 7.24. The standard InChI is InChI=1S/C16H13.C11H12P.2ClH.Hf/c1-12-10-14-8-5-9-15(16(14)11-12)13-6-3-2-4-7-13;1-12(2)11-7-9-5-3-4-6-10(9)8-11;;;/h2-11H,1H3;3-8H,1-2H3;2*1H;/q;;;;+2/p-2. The predicted molar refractivity (Wildman–Crippen MR) is 124 cm³/mol. The second-order valence-electron chi connectivity index (χ2n) is 8.19. The van der Waals surface area contributed by atoms with Crippen molar-refractivity contribution in [1.82, 2.24) is 0 Å². The number of halogens is 2. The molecule has 156 valence electrons. The van der Waals surface area contributed by atoms with Gasteiger partial charge in [0.15, 0.2) is 0 Å². The topological polar surface area (TPSA) is 0 Å². The first-order valence-electron chi connectivity index (χ1n) is 10.2. The number of benzene rings is 3. The summed E-state index contributed by atoms with van der Waals surface area (Å²) >= 11 is -1.04. The Morgan fingerprint density at radius 3 is 2.13 bits per heavy atom. The van der Waals surface area contributed by atoms with Crippen molar-refractivity contribution >= 4 is 20.1 Å². The summed E-state index contributed by atoms with van der Waals surface area (Å²) in [5.41, 5.74) is 10.5. The molecule has 5 rings (SSSR count). The van der Waals surface area contributed by atoms with Crippen molar-refractivity contribution in [1.29, 1.82) is 0 Å². The van der Waals surface area contributed by atoms with Crippen LogP contribution in [0.15, 0.2) is 83.7 Å². The first-order chi connectivity index (χ1) is 14.1. The van der Waals surface area contributed by atoms with Crippen molar-refractivity contribution < 1.29 is 47.7 Å². The number of hydrogen-bond donors (Lipinski definition) is 0. The van der Waals surface area contributed by atoms with Crippen molar-refractivity contribution in [2.45, 2.75) is 14.3 Å². The second-order valence-corrected chi connectivity index (χ2v) is 15.8. The van der Waals surface area contributed by atoms with Crippen LogP contribution in [0, 0.1) is 0 Å². The minimum Gasteiger partial charge on any atom is -1.00 e. The molecule has 2 aliphatic carbocycles. The Kier molecular flexibility index (Phi) is 8.20. The smallest absolute Gasteiger partial charge is 1.00 e. The van der Waals surface area contributed by atoms with Gasteiger partial charge in [0.1, 0.15) is 0 Å². The van der Waals surface area contributed by atoms with E-state index >= 15 is 0 Å². The number of allylic oxidation sites excluding steroid dienone is 2. The molecule has 0 fully saturated rings. The minimum absolute atomic E-state index is 0. The zero-order chi connectivity index (χ0) is 20.0. The Balaban J connectivity index is 0.00000136. The minimum atomic E-state index is -1.04. The molecule has 0 spiro atoms.